The minimum absolute atomic E-state index is 0.0209. The zero-order valence-corrected chi connectivity index (χ0v) is 12.6. The van der Waals surface area contributed by atoms with Crippen molar-refractivity contribution in [2.45, 2.75) is 51.1 Å². The maximum Gasteiger partial charge on any atom is 0.254 e. The highest BCUT2D eigenvalue weighted by Crippen LogP contribution is 2.29. The van der Waals surface area contributed by atoms with Crippen LogP contribution in [0.2, 0.25) is 0 Å². The molecule has 3 nitrogen and oxygen atoms in total. The van der Waals surface area contributed by atoms with Crippen molar-refractivity contribution in [1.29, 1.82) is 0 Å². The lowest BCUT2D eigenvalue weighted by Gasteiger charge is -2.31. The molecule has 1 heterocycles. The number of halogens is 1. The van der Waals surface area contributed by atoms with Gasteiger partial charge in [0.05, 0.1) is 0 Å². The van der Waals surface area contributed by atoms with Crippen LogP contribution in [0.25, 0.3) is 0 Å². The summed E-state index contributed by atoms with van der Waals surface area (Å²) < 4.78 is 13.5. The van der Waals surface area contributed by atoms with Crippen LogP contribution < -0.4 is 5.32 Å². The quantitative estimate of drug-likeness (QED) is 0.925. The second kappa shape index (κ2) is 6.14. The van der Waals surface area contributed by atoms with E-state index in [4.69, 9.17) is 0 Å². The Labute approximate surface area is 125 Å². The minimum atomic E-state index is -0.329. The zero-order chi connectivity index (χ0) is 14.8. The van der Waals surface area contributed by atoms with E-state index in [1.165, 1.54) is 25.0 Å². The van der Waals surface area contributed by atoms with Gasteiger partial charge in [0.25, 0.3) is 5.91 Å². The molecule has 21 heavy (non-hydrogen) atoms. The summed E-state index contributed by atoms with van der Waals surface area (Å²) in [6.07, 6.45) is 5.72. The van der Waals surface area contributed by atoms with Crippen LogP contribution in [0, 0.1) is 12.7 Å². The van der Waals surface area contributed by atoms with E-state index in [1.54, 1.807) is 6.07 Å². The topological polar surface area (TPSA) is 32.3 Å². The summed E-state index contributed by atoms with van der Waals surface area (Å²) in [6.45, 7) is 3.61. The van der Waals surface area contributed by atoms with Gasteiger partial charge >= 0.3 is 0 Å². The molecule has 1 saturated heterocycles. The Balaban J connectivity index is 1.74. The van der Waals surface area contributed by atoms with Gasteiger partial charge in [0.15, 0.2) is 0 Å². The highest BCUT2D eigenvalue weighted by atomic mass is 19.1. The third kappa shape index (κ3) is 3.62. The monoisotopic (exact) mass is 290 g/mol. The first-order valence-corrected chi connectivity index (χ1v) is 7.95. The first-order valence-electron chi connectivity index (χ1n) is 7.95. The summed E-state index contributed by atoms with van der Waals surface area (Å²) >= 11 is 0. The Hall–Kier alpha value is -1.42. The van der Waals surface area contributed by atoms with Crippen LogP contribution in [0.3, 0.4) is 0 Å². The number of rotatable bonds is 4. The highest BCUT2D eigenvalue weighted by molar-refractivity contribution is 5.94. The molecule has 1 aliphatic carbocycles. The lowest BCUT2D eigenvalue weighted by Crippen LogP contribution is -2.46. The van der Waals surface area contributed by atoms with E-state index < -0.39 is 0 Å². The van der Waals surface area contributed by atoms with Crippen LogP contribution >= 0.6 is 0 Å². The first kappa shape index (κ1) is 14.5. The molecule has 1 amide bonds. The Morgan fingerprint density at radius 1 is 1.29 bits per heavy atom. The SMILES string of the molecule is Cc1cc(F)cc(C(=O)N(CC2CCCCN2)C2CC2)c1. The normalized spacial score (nSPS) is 22.1. The van der Waals surface area contributed by atoms with E-state index in [2.05, 4.69) is 5.32 Å². The summed E-state index contributed by atoms with van der Waals surface area (Å²) in [7, 11) is 0. The lowest BCUT2D eigenvalue weighted by molar-refractivity contribution is 0.0717. The molecule has 0 radical (unpaired) electrons. The summed E-state index contributed by atoms with van der Waals surface area (Å²) in [4.78, 5) is 14.7. The molecule has 1 aliphatic heterocycles. The molecule has 2 fully saturated rings. The number of carbonyl (C=O) groups excluding carboxylic acids is 1. The van der Waals surface area contributed by atoms with Crippen molar-refractivity contribution in [3.8, 4) is 0 Å². The first-order chi connectivity index (χ1) is 10.1. The van der Waals surface area contributed by atoms with E-state index in [1.807, 2.05) is 11.8 Å². The molecule has 1 atom stereocenters. The van der Waals surface area contributed by atoms with Crippen molar-refractivity contribution >= 4 is 5.91 Å². The molecule has 0 spiro atoms. The predicted molar refractivity (Wildman–Crippen MR) is 80.8 cm³/mol. The number of nitrogens with one attached hydrogen (secondary N) is 1. The molecule has 1 aromatic carbocycles. The molecule has 114 valence electrons. The number of amides is 1. The van der Waals surface area contributed by atoms with Gasteiger partial charge in [-0.15, -0.1) is 0 Å². The summed E-state index contributed by atoms with van der Waals surface area (Å²) in [5.41, 5.74) is 1.28. The molecule has 1 saturated carbocycles. The van der Waals surface area contributed by atoms with Gasteiger partial charge < -0.3 is 10.2 Å². The number of hydrogen-bond donors (Lipinski definition) is 1. The minimum Gasteiger partial charge on any atom is -0.334 e. The zero-order valence-electron chi connectivity index (χ0n) is 12.6. The van der Waals surface area contributed by atoms with Crippen LogP contribution in [0.5, 0.6) is 0 Å². The average Bonchev–Trinajstić information content (AvgIpc) is 3.29. The second-order valence-electron chi connectivity index (χ2n) is 6.35. The Kier molecular flexibility index (Phi) is 4.24. The maximum absolute atomic E-state index is 13.5. The molecule has 0 aromatic heterocycles. The Morgan fingerprint density at radius 2 is 2.10 bits per heavy atom. The molecule has 3 rings (SSSR count). The van der Waals surface area contributed by atoms with Gasteiger partial charge in [-0.3, -0.25) is 4.79 Å². The molecule has 2 aliphatic rings. The van der Waals surface area contributed by atoms with Crippen molar-refractivity contribution in [3.05, 3.63) is 35.1 Å². The van der Waals surface area contributed by atoms with Crippen molar-refractivity contribution < 1.29 is 9.18 Å². The van der Waals surface area contributed by atoms with Gasteiger partial charge in [0.2, 0.25) is 0 Å². The van der Waals surface area contributed by atoms with Crippen LogP contribution in [0.4, 0.5) is 4.39 Å². The summed E-state index contributed by atoms with van der Waals surface area (Å²) in [5.74, 6) is -0.350. The smallest absolute Gasteiger partial charge is 0.254 e. The van der Waals surface area contributed by atoms with Crippen molar-refractivity contribution in [2.24, 2.45) is 0 Å². The maximum atomic E-state index is 13.5. The van der Waals surface area contributed by atoms with Crippen LogP contribution in [0.1, 0.15) is 48.0 Å². The summed E-state index contributed by atoms with van der Waals surface area (Å²) in [6, 6.07) is 5.34. The van der Waals surface area contributed by atoms with E-state index in [0.29, 0.717) is 17.6 Å². The number of benzene rings is 1. The van der Waals surface area contributed by atoms with E-state index in [9.17, 15) is 9.18 Å². The largest absolute Gasteiger partial charge is 0.334 e. The molecule has 1 N–H and O–H groups in total. The fourth-order valence-corrected chi connectivity index (χ4v) is 3.13. The van der Waals surface area contributed by atoms with Gasteiger partial charge in [-0.05, 0) is 62.9 Å². The van der Waals surface area contributed by atoms with Crippen molar-refractivity contribution in [2.75, 3.05) is 13.1 Å². The standard InChI is InChI=1S/C17H23FN2O/c1-12-8-13(10-14(18)9-12)17(21)20(16-5-6-16)11-15-4-2-3-7-19-15/h8-10,15-16,19H,2-7,11H2,1H3. The molecular formula is C17H23FN2O. The molecule has 1 aromatic rings. The van der Waals surface area contributed by atoms with E-state index >= 15 is 0 Å². The van der Waals surface area contributed by atoms with E-state index in [0.717, 1.165) is 37.9 Å². The van der Waals surface area contributed by atoms with E-state index in [-0.39, 0.29) is 11.7 Å². The lowest BCUT2D eigenvalue weighted by atomic mass is 10.0. The van der Waals surface area contributed by atoms with Gasteiger partial charge in [0, 0.05) is 24.2 Å². The number of carbonyl (C=O) groups is 1. The number of piperidine rings is 1. The fourth-order valence-electron chi connectivity index (χ4n) is 3.13. The van der Waals surface area contributed by atoms with Crippen molar-refractivity contribution in [1.82, 2.24) is 10.2 Å². The third-order valence-electron chi connectivity index (χ3n) is 4.37. The van der Waals surface area contributed by atoms with Gasteiger partial charge in [-0.2, -0.15) is 0 Å². The Morgan fingerprint density at radius 3 is 2.71 bits per heavy atom. The summed E-state index contributed by atoms with van der Waals surface area (Å²) in [5, 5.41) is 3.49. The van der Waals surface area contributed by atoms with Crippen LogP contribution in [-0.4, -0.2) is 36.0 Å². The Bertz CT molecular complexity index is 501. The number of hydrogen-bond acceptors (Lipinski definition) is 2. The van der Waals surface area contributed by atoms with Gasteiger partial charge in [0.1, 0.15) is 5.82 Å². The molecule has 4 heteroatoms. The molecule has 0 bridgehead atoms. The van der Waals surface area contributed by atoms with Crippen LogP contribution in [0.15, 0.2) is 18.2 Å². The predicted octanol–water partition coefficient (Wildman–Crippen LogP) is 2.88. The van der Waals surface area contributed by atoms with Gasteiger partial charge in [-0.25, -0.2) is 4.39 Å². The fraction of sp³-hybridized carbons (Fsp3) is 0.588. The average molecular weight is 290 g/mol. The molecular weight excluding hydrogens is 267 g/mol. The number of nitrogens with zero attached hydrogens (tertiary/aromatic N) is 1. The van der Waals surface area contributed by atoms with Crippen molar-refractivity contribution in [3.63, 3.8) is 0 Å². The number of aryl methyl sites for hydroxylation is 1. The molecule has 1 unspecified atom stereocenters. The second-order valence-corrected chi connectivity index (χ2v) is 6.35. The van der Waals surface area contributed by atoms with Gasteiger partial charge in [-0.1, -0.05) is 6.42 Å². The third-order valence-corrected chi connectivity index (χ3v) is 4.37. The van der Waals surface area contributed by atoms with Crippen LogP contribution in [-0.2, 0) is 0 Å². The highest BCUT2D eigenvalue weighted by Gasteiger charge is 2.34.